The monoisotopic (exact) mass is 218 g/mol. The fraction of sp³-hybridized carbons (Fsp3) is 0.500. The number of allylic oxidation sites excluding steroid dienone is 2. The average molecular weight is 218 g/mol. The molecule has 0 unspecified atom stereocenters. The highest BCUT2D eigenvalue weighted by Crippen LogP contribution is 2.60. The molecule has 1 saturated carbocycles. The van der Waals surface area contributed by atoms with Crippen LogP contribution in [0.3, 0.4) is 0 Å². The minimum Gasteiger partial charge on any atom is -0.199 e. The maximum absolute atomic E-state index is 11.6. The Hall–Kier alpha value is -0.940. The Morgan fingerprint density at radius 3 is 1.07 bits per heavy atom. The maximum Gasteiger partial charge on any atom is 0.372 e. The van der Waals surface area contributed by atoms with E-state index in [0.29, 0.717) is 0 Å². The number of hydrogen-bond acceptors (Lipinski definition) is 0. The smallest absolute Gasteiger partial charge is 0.199 e. The molecule has 0 spiro atoms. The molecular formula is C8H8F6. The van der Waals surface area contributed by atoms with Gasteiger partial charge in [-0.15, -0.1) is 0 Å². The van der Waals surface area contributed by atoms with E-state index in [0.717, 1.165) is 0 Å². The van der Waals surface area contributed by atoms with Crippen LogP contribution >= 0.6 is 0 Å². The topological polar surface area (TPSA) is 0 Å². The molecule has 1 aliphatic carbocycles. The first kappa shape index (κ1) is 13.1. The van der Waals surface area contributed by atoms with Gasteiger partial charge in [0.25, 0.3) is 0 Å². The largest absolute Gasteiger partial charge is 0.372 e. The summed E-state index contributed by atoms with van der Waals surface area (Å²) >= 11 is 0. The third-order valence-corrected chi connectivity index (χ3v) is 1.53. The summed E-state index contributed by atoms with van der Waals surface area (Å²) in [5.74, 6) is -14.2. The highest BCUT2D eigenvalue weighted by atomic mass is 19.4. The SMILES string of the molecule is C=CC=C.FC1(F)CC(F)(F)C1(F)F. The van der Waals surface area contributed by atoms with E-state index in [4.69, 9.17) is 0 Å². The van der Waals surface area contributed by atoms with E-state index < -0.39 is 24.2 Å². The van der Waals surface area contributed by atoms with Crippen molar-refractivity contribution in [2.24, 2.45) is 0 Å². The molecule has 0 N–H and O–H groups in total. The predicted octanol–water partition coefficient (Wildman–Crippen LogP) is 3.65. The van der Waals surface area contributed by atoms with E-state index in [1.807, 2.05) is 0 Å². The third-order valence-electron chi connectivity index (χ3n) is 1.53. The van der Waals surface area contributed by atoms with Crippen LogP contribution in [0.2, 0.25) is 0 Å². The van der Waals surface area contributed by atoms with Crippen molar-refractivity contribution in [3.05, 3.63) is 25.3 Å². The molecule has 0 nitrogen and oxygen atoms in total. The van der Waals surface area contributed by atoms with Crippen LogP contribution in [0, 0.1) is 0 Å². The van der Waals surface area contributed by atoms with E-state index in [2.05, 4.69) is 13.2 Å². The van der Waals surface area contributed by atoms with Gasteiger partial charge in [-0.2, -0.15) is 26.3 Å². The summed E-state index contributed by atoms with van der Waals surface area (Å²) in [4.78, 5) is 0. The summed E-state index contributed by atoms with van der Waals surface area (Å²) in [6, 6.07) is 0. The molecule has 0 aromatic rings. The molecule has 0 amide bonds. The summed E-state index contributed by atoms with van der Waals surface area (Å²) in [7, 11) is 0. The zero-order valence-electron chi connectivity index (χ0n) is 7.04. The molecule has 0 radical (unpaired) electrons. The van der Waals surface area contributed by atoms with Gasteiger partial charge in [-0.05, 0) is 0 Å². The van der Waals surface area contributed by atoms with Crippen LogP contribution in [-0.2, 0) is 0 Å². The van der Waals surface area contributed by atoms with Crippen LogP contribution in [0.4, 0.5) is 26.3 Å². The molecule has 0 heterocycles. The standard InChI is InChI=1S/C4H2F6.C4H6/c5-2(6)1-3(7,8)4(2,9)10;1-3-4-2/h1H2;3-4H,1-2H2. The zero-order chi connectivity index (χ0) is 11.6. The van der Waals surface area contributed by atoms with Gasteiger partial charge in [0.05, 0.1) is 6.42 Å². The lowest BCUT2D eigenvalue weighted by Gasteiger charge is -2.42. The van der Waals surface area contributed by atoms with Crippen LogP contribution < -0.4 is 0 Å². The summed E-state index contributed by atoms with van der Waals surface area (Å²) < 4.78 is 69.5. The van der Waals surface area contributed by atoms with Crippen LogP contribution in [0.15, 0.2) is 25.3 Å². The van der Waals surface area contributed by atoms with Crippen LogP contribution in [0.1, 0.15) is 6.42 Å². The lowest BCUT2D eigenvalue weighted by atomic mass is 9.84. The summed E-state index contributed by atoms with van der Waals surface area (Å²) in [6.07, 6.45) is 1.23. The van der Waals surface area contributed by atoms with Gasteiger partial charge in [-0.3, -0.25) is 0 Å². The van der Waals surface area contributed by atoms with Crippen molar-refractivity contribution in [3.8, 4) is 0 Å². The normalized spacial score (nSPS) is 25.0. The van der Waals surface area contributed by atoms with Crippen molar-refractivity contribution in [1.29, 1.82) is 0 Å². The van der Waals surface area contributed by atoms with Crippen molar-refractivity contribution in [2.45, 2.75) is 24.2 Å². The van der Waals surface area contributed by atoms with E-state index in [1.54, 1.807) is 12.2 Å². The van der Waals surface area contributed by atoms with Gasteiger partial charge in [0.2, 0.25) is 0 Å². The molecule has 0 aromatic carbocycles. The Kier molecular flexibility index (Phi) is 3.42. The quantitative estimate of drug-likeness (QED) is 0.465. The Morgan fingerprint density at radius 2 is 1.07 bits per heavy atom. The molecule has 82 valence electrons. The molecule has 14 heavy (non-hydrogen) atoms. The Morgan fingerprint density at radius 1 is 0.786 bits per heavy atom. The summed E-state index contributed by atoms with van der Waals surface area (Å²) in [5.41, 5.74) is 0. The van der Waals surface area contributed by atoms with Gasteiger partial charge < -0.3 is 0 Å². The third kappa shape index (κ3) is 1.93. The number of halogens is 6. The molecule has 6 heteroatoms. The lowest BCUT2D eigenvalue weighted by Crippen LogP contribution is -2.67. The fourth-order valence-electron chi connectivity index (χ4n) is 0.662. The van der Waals surface area contributed by atoms with Gasteiger partial charge >= 0.3 is 17.8 Å². The number of rotatable bonds is 1. The first-order valence-electron chi connectivity index (χ1n) is 3.49. The Bertz CT molecular complexity index is 208. The van der Waals surface area contributed by atoms with Crippen LogP contribution in [-0.4, -0.2) is 17.8 Å². The molecule has 0 bridgehead atoms. The number of alkyl halides is 6. The molecule has 1 aliphatic rings. The average Bonchev–Trinajstić information content (AvgIpc) is 2.02. The molecular weight excluding hydrogens is 210 g/mol. The van der Waals surface area contributed by atoms with Gasteiger partial charge in [0, 0.05) is 0 Å². The Balaban J connectivity index is 0.000000364. The minimum atomic E-state index is -5.15. The van der Waals surface area contributed by atoms with Gasteiger partial charge in [-0.1, -0.05) is 25.3 Å². The molecule has 1 fully saturated rings. The zero-order valence-corrected chi connectivity index (χ0v) is 7.04. The van der Waals surface area contributed by atoms with Crippen molar-refractivity contribution >= 4 is 0 Å². The first-order valence-corrected chi connectivity index (χ1v) is 3.49. The molecule has 0 aliphatic heterocycles. The van der Waals surface area contributed by atoms with Crippen LogP contribution in [0.5, 0.6) is 0 Å². The number of hydrogen-bond donors (Lipinski definition) is 0. The second-order valence-corrected chi connectivity index (χ2v) is 2.63. The van der Waals surface area contributed by atoms with Gasteiger partial charge in [0.15, 0.2) is 0 Å². The van der Waals surface area contributed by atoms with E-state index in [9.17, 15) is 26.3 Å². The molecule has 0 atom stereocenters. The van der Waals surface area contributed by atoms with Gasteiger partial charge in [-0.25, -0.2) is 0 Å². The van der Waals surface area contributed by atoms with Crippen molar-refractivity contribution in [3.63, 3.8) is 0 Å². The van der Waals surface area contributed by atoms with Crippen molar-refractivity contribution < 1.29 is 26.3 Å². The highest BCUT2D eigenvalue weighted by Gasteiger charge is 2.83. The highest BCUT2D eigenvalue weighted by molar-refractivity contribution is 5.09. The maximum atomic E-state index is 11.6. The van der Waals surface area contributed by atoms with E-state index in [1.165, 1.54) is 0 Å². The predicted molar refractivity (Wildman–Crippen MR) is 39.9 cm³/mol. The molecule has 0 saturated heterocycles. The lowest BCUT2D eigenvalue weighted by molar-refractivity contribution is -0.396. The van der Waals surface area contributed by atoms with E-state index in [-0.39, 0.29) is 0 Å². The van der Waals surface area contributed by atoms with Gasteiger partial charge in [0.1, 0.15) is 0 Å². The minimum absolute atomic E-state index is 1.64. The van der Waals surface area contributed by atoms with Crippen molar-refractivity contribution in [1.82, 2.24) is 0 Å². The summed E-state index contributed by atoms with van der Waals surface area (Å²) in [6.45, 7) is 6.72. The van der Waals surface area contributed by atoms with Crippen molar-refractivity contribution in [2.75, 3.05) is 0 Å². The Labute approximate surface area is 76.9 Å². The summed E-state index contributed by atoms with van der Waals surface area (Å²) in [5, 5.41) is 0. The molecule has 1 rings (SSSR count). The second-order valence-electron chi connectivity index (χ2n) is 2.63. The van der Waals surface area contributed by atoms with E-state index >= 15 is 0 Å². The first-order chi connectivity index (χ1) is 6.12. The fourth-order valence-corrected chi connectivity index (χ4v) is 0.662. The van der Waals surface area contributed by atoms with Crippen LogP contribution in [0.25, 0.3) is 0 Å². The molecule has 0 aromatic heterocycles. The second kappa shape index (κ2) is 3.67.